The van der Waals surface area contributed by atoms with Gasteiger partial charge in [-0.15, -0.1) is 0 Å². The molecule has 2 N–H and O–H groups in total. The Bertz CT molecular complexity index is 732. The number of rotatable bonds is 11. The van der Waals surface area contributed by atoms with Crippen LogP contribution in [0.15, 0.2) is 29.2 Å². The van der Waals surface area contributed by atoms with E-state index in [0.29, 0.717) is 12.5 Å². The number of nitrogens with one attached hydrogen (secondary N) is 2. The van der Waals surface area contributed by atoms with Gasteiger partial charge < -0.3 is 10.6 Å². The van der Waals surface area contributed by atoms with Crippen molar-refractivity contribution >= 4 is 21.8 Å². The second-order valence-corrected chi connectivity index (χ2v) is 8.87. The first-order valence-corrected chi connectivity index (χ1v) is 10.7. The number of amides is 2. The van der Waals surface area contributed by atoms with E-state index in [-0.39, 0.29) is 22.9 Å². The minimum atomic E-state index is -3.62. The number of unbranched alkanes of at least 4 members (excludes halogenated alkanes) is 1. The average Bonchev–Trinajstić information content (AvgIpc) is 2.66. The number of benzene rings is 1. The zero-order chi connectivity index (χ0) is 20.4. The lowest BCUT2D eigenvalue weighted by molar-refractivity contribution is -0.120. The number of sulfonamides is 1. The fourth-order valence-electron chi connectivity index (χ4n) is 2.54. The predicted octanol–water partition coefficient (Wildman–Crippen LogP) is 2.00. The van der Waals surface area contributed by atoms with E-state index in [2.05, 4.69) is 24.5 Å². The maximum Gasteiger partial charge on any atom is 0.251 e. The summed E-state index contributed by atoms with van der Waals surface area (Å²) in [6.07, 6.45) is 4.34. The smallest absolute Gasteiger partial charge is 0.251 e. The molecule has 1 atom stereocenters. The van der Waals surface area contributed by atoms with Crippen molar-refractivity contribution in [3.63, 3.8) is 0 Å². The highest BCUT2D eigenvalue weighted by molar-refractivity contribution is 7.89. The van der Waals surface area contributed by atoms with Gasteiger partial charge in [-0.2, -0.15) is 0 Å². The minimum Gasteiger partial charge on any atom is -0.354 e. The van der Waals surface area contributed by atoms with E-state index in [0.717, 1.165) is 30.0 Å². The fraction of sp³-hybridized carbons (Fsp3) is 0.579. The van der Waals surface area contributed by atoms with E-state index in [4.69, 9.17) is 0 Å². The Morgan fingerprint density at radius 2 is 1.85 bits per heavy atom. The van der Waals surface area contributed by atoms with Gasteiger partial charge in [-0.1, -0.05) is 39.2 Å². The van der Waals surface area contributed by atoms with Crippen LogP contribution in [0.1, 0.15) is 49.9 Å². The third-order valence-corrected chi connectivity index (χ3v) is 6.23. The van der Waals surface area contributed by atoms with E-state index in [9.17, 15) is 18.0 Å². The van der Waals surface area contributed by atoms with Crippen molar-refractivity contribution in [3.8, 4) is 0 Å². The van der Waals surface area contributed by atoms with Gasteiger partial charge in [0.25, 0.3) is 5.91 Å². The fourth-order valence-corrected chi connectivity index (χ4v) is 3.48. The number of nitrogens with zero attached hydrogens (tertiary/aromatic N) is 1. The second-order valence-electron chi connectivity index (χ2n) is 6.72. The number of carbonyl (C=O) groups is 2. The Labute approximate surface area is 162 Å². The molecule has 0 saturated heterocycles. The topological polar surface area (TPSA) is 95.6 Å². The zero-order valence-electron chi connectivity index (χ0n) is 16.6. The molecule has 1 rings (SSSR count). The summed E-state index contributed by atoms with van der Waals surface area (Å²) in [5.41, 5.74) is 0.195. The molecule has 0 spiro atoms. The molecule has 0 radical (unpaired) electrons. The van der Waals surface area contributed by atoms with E-state index >= 15 is 0 Å². The molecule has 0 heterocycles. The van der Waals surface area contributed by atoms with Gasteiger partial charge in [0, 0.05) is 26.2 Å². The van der Waals surface area contributed by atoms with Crippen molar-refractivity contribution in [3.05, 3.63) is 29.8 Å². The Hall–Kier alpha value is -1.93. The van der Waals surface area contributed by atoms with Crippen LogP contribution in [0.2, 0.25) is 0 Å². The highest BCUT2D eigenvalue weighted by atomic mass is 32.2. The van der Waals surface area contributed by atoms with E-state index in [1.165, 1.54) is 38.4 Å². The van der Waals surface area contributed by atoms with Gasteiger partial charge in [0.15, 0.2) is 0 Å². The summed E-state index contributed by atoms with van der Waals surface area (Å²) in [5.74, 6) is -0.299. The van der Waals surface area contributed by atoms with Crippen LogP contribution in [0.5, 0.6) is 0 Å². The Morgan fingerprint density at radius 1 is 1.15 bits per heavy atom. The third-order valence-electron chi connectivity index (χ3n) is 4.42. The molecule has 0 aliphatic carbocycles. The van der Waals surface area contributed by atoms with Crippen LogP contribution in [0.25, 0.3) is 0 Å². The molecule has 7 nitrogen and oxygen atoms in total. The summed E-state index contributed by atoms with van der Waals surface area (Å²) >= 11 is 0. The molecule has 0 aromatic heterocycles. The van der Waals surface area contributed by atoms with E-state index in [1.807, 2.05) is 0 Å². The number of hydrogen-bond donors (Lipinski definition) is 2. The molecule has 0 saturated carbocycles. The van der Waals surface area contributed by atoms with E-state index in [1.54, 1.807) is 0 Å². The quantitative estimate of drug-likeness (QED) is 0.597. The van der Waals surface area contributed by atoms with Crippen molar-refractivity contribution < 1.29 is 18.0 Å². The normalized spacial score (nSPS) is 12.6. The van der Waals surface area contributed by atoms with Crippen molar-refractivity contribution in [2.75, 3.05) is 27.2 Å². The maximum absolute atomic E-state index is 12.2. The number of hydrogen-bond acceptors (Lipinski definition) is 4. The summed E-state index contributed by atoms with van der Waals surface area (Å²) in [6, 6.07) is 5.76. The lowest BCUT2D eigenvalue weighted by atomic mass is 9.99. The van der Waals surface area contributed by atoms with Gasteiger partial charge in [0.2, 0.25) is 15.9 Å². The average molecular weight is 398 g/mol. The largest absolute Gasteiger partial charge is 0.354 e. The molecule has 2 amide bonds. The van der Waals surface area contributed by atoms with Gasteiger partial charge in [0.05, 0.1) is 11.4 Å². The summed E-state index contributed by atoms with van der Waals surface area (Å²) in [4.78, 5) is 24.2. The standard InChI is InChI=1S/C19H31N3O4S/c1-5-7-9-15(6-2)13-20-18(23)14-21-19(24)16-10-8-11-17(12-16)27(25,26)22(3)4/h8,10-12,15H,5-7,9,13-14H2,1-4H3,(H,20,23)(H,21,24). The maximum atomic E-state index is 12.2. The van der Waals surface area contributed by atoms with Crippen molar-refractivity contribution in [2.45, 2.75) is 44.4 Å². The van der Waals surface area contributed by atoms with Crippen LogP contribution in [0.4, 0.5) is 0 Å². The van der Waals surface area contributed by atoms with Gasteiger partial charge in [0.1, 0.15) is 0 Å². The van der Waals surface area contributed by atoms with Crippen LogP contribution in [0, 0.1) is 5.92 Å². The predicted molar refractivity (Wildman–Crippen MR) is 106 cm³/mol. The zero-order valence-corrected chi connectivity index (χ0v) is 17.4. The molecule has 0 aliphatic heterocycles. The van der Waals surface area contributed by atoms with E-state index < -0.39 is 15.9 Å². The number of carbonyl (C=O) groups excluding carboxylic acids is 2. The Kier molecular flexibility index (Phi) is 9.45. The van der Waals surface area contributed by atoms with Crippen molar-refractivity contribution in [1.82, 2.24) is 14.9 Å². The third kappa shape index (κ3) is 7.30. The molecule has 27 heavy (non-hydrogen) atoms. The molecular formula is C19H31N3O4S. The van der Waals surface area contributed by atoms with Crippen LogP contribution in [0.3, 0.4) is 0 Å². The lowest BCUT2D eigenvalue weighted by Crippen LogP contribution is -2.38. The first-order valence-electron chi connectivity index (χ1n) is 9.29. The van der Waals surface area contributed by atoms with Gasteiger partial charge in [-0.25, -0.2) is 12.7 Å². The SMILES string of the molecule is CCCCC(CC)CNC(=O)CNC(=O)c1cccc(S(=O)(=O)N(C)C)c1. The monoisotopic (exact) mass is 397 g/mol. The van der Waals surface area contributed by atoms with Crippen LogP contribution < -0.4 is 10.6 Å². The molecule has 1 aromatic carbocycles. The summed E-state index contributed by atoms with van der Waals surface area (Å²) in [6.45, 7) is 4.69. The molecule has 1 aromatic rings. The molecule has 1 unspecified atom stereocenters. The molecule has 0 fully saturated rings. The molecule has 8 heteroatoms. The van der Waals surface area contributed by atoms with Gasteiger partial charge in [-0.05, 0) is 30.5 Å². The highest BCUT2D eigenvalue weighted by Gasteiger charge is 2.19. The Balaban J connectivity index is 2.59. The Morgan fingerprint density at radius 3 is 2.44 bits per heavy atom. The summed E-state index contributed by atoms with van der Waals surface area (Å²) in [5, 5.41) is 5.38. The van der Waals surface area contributed by atoms with Crippen LogP contribution in [-0.2, 0) is 14.8 Å². The minimum absolute atomic E-state index is 0.0336. The molecular weight excluding hydrogens is 366 g/mol. The molecule has 0 aliphatic rings. The summed E-state index contributed by atoms with van der Waals surface area (Å²) < 4.78 is 25.4. The summed E-state index contributed by atoms with van der Waals surface area (Å²) in [7, 11) is -0.765. The highest BCUT2D eigenvalue weighted by Crippen LogP contribution is 2.15. The van der Waals surface area contributed by atoms with Crippen molar-refractivity contribution in [1.29, 1.82) is 0 Å². The molecule has 0 bridgehead atoms. The van der Waals surface area contributed by atoms with Crippen molar-refractivity contribution in [2.24, 2.45) is 5.92 Å². The first kappa shape index (κ1) is 23.1. The first-order chi connectivity index (χ1) is 12.7. The van der Waals surface area contributed by atoms with Gasteiger partial charge in [-0.3, -0.25) is 9.59 Å². The molecule has 152 valence electrons. The lowest BCUT2D eigenvalue weighted by Gasteiger charge is -2.15. The second kappa shape index (κ2) is 11.0. The van der Waals surface area contributed by atoms with Crippen LogP contribution in [-0.4, -0.2) is 51.7 Å². The van der Waals surface area contributed by atoms with Crippen LogP contribution >= 0.6 is 0 Å². The van der Waals surface area contributed by atoms with Gasteiger partial charge >= 0.3 is 0 Å².